The Morgan fingerprint density at radius 1 is 1.10 bits per heavy atom. The summed E-state index contributed by atoms with van der Waals surface area (Å²) in [6, 6.07) is 4.28. The maximum absolute atomic E-state index is 12.7. The van der Waals surface area contributed by atoms with Crippen molar-refractivity contribution in [3.05, 3.63) is 34.0 Å². The lowest BCUT2D eigenvalue weighted by atomic mass is 9.85. The highest BCUT2D eigenvalue weighted by molar-refractivity contribution is 14.0. The Morgan fingerprint density at radius 3 is 2.34 bits per heavy atom. The number of amides is 2. The van der Waals surface area contributed by atoms with Crippen molar-refractivity contribution in [1.29, 1.82) is 0 Å². The molecule has 1 aromatic rings. The molecule has 1 saturated heterocycles. The van der Waals surface area contributed by atoms with Crippen LogP contribution in [0.5, 0.6) is 0 Å². The van der Waals surface area contributed by atoms with Gasteiger partial charge in [-0.15, -0.1) is 35.3 Å². The number of hydrogen-bond acceptors (Lipinski definition) is 4. The Labute approximate surface area is 193 Å². The first-order valence-corrected chi connectivity index (χ1v) is 11.1. The molecule has 1 aliphatic heterocycles. The predicted molar refractivity (Wildman–Crippen MR) is 126 cm³/mol. The normalized spacial score (nSPS) is 27.4. The van der Waals surface area contributed by atoms with E-state index in [9.17, 15) is 9.59 Å². The van der Waals surface area contributed by atoms with Gasteiger partial charge in [0.05, 0.1) is 18.4 Å². The zero-order valence-corrected chi connectivity index (χ0v) is 20.0. The lowest BCUT2D eigenvalue weighted by Gasteiger charge is -2.18. The molecule has 4 atom stereocenters. The average Bonchev–Trinajstić information content (AvgIpc) is 3.46. The summed E-state index contributed by atoms with van der Waals surface area (Å²) >= 11 is 1.79. The second-order valence-electron chi connectivity index (χ2n) is 7.67. The van der Waals surface area contributed by atoms with Crippen LogP contribution in [0.25, 0.3) is 0 Å². The number of guanidine groups is 1. The first kappa shape index (κ1) is 22.3. The second-order valence-corrected chi connectivity index (χ2v) is 8.92. The molecule has 29 heavy (non-hydrogen) atoms. The molecule has 0 radical (unpaired) electrons. The monoisotopic (exact) mass is 528 g/mol. The molecule has 2 bridgehead atoms. The number of aryl methyl sites for hydroxylation is 1. The fourth-order valence-corrected chi connectivity index (χ4v) is 5.55. The molecule has 0 spiro atoms. The number of hydrogen-bond donors (Lipinski definition) is 2. The zero-order valence-electron chi connectivity index (χ0n) is 16.9. The number of likely N-dealkylation sites (tertiary alicyclic amines) is 1. The van der Waals surface area contributed by atoms with Crippen LogP contribution in [0.4, 0.5) is 0 Å². The molecule has 158 valence electrons. The number of thiophene rings is 1. The van der Waals surface area contributed by atoms with Gasteiger partial charge in [0.15, 0.2) is 5.96 Å². The first-order chi connectivity index (χ1) is 13.6. The molecule has 1 aromatic heterocycles. The molecule has 4 unspecified atom stereocenters. The van der Waals surface area contributed by atoms with E-state index in [1.165, 1.54) is 14.7 Å². The molecular formula is C21H29IN4O2S. The van der Waals surface area contributed by atoms with Crippen LogP contribution in [0.1, 0.15) is 30.0 Å². The summed E-state index contributed by atoms with van der Waals surface area (Å²) in [7, 11) is 0. The minimum Gasteiger partial charge on any atom is -0.357 e. The van der Waals surface area contributed by atoms with Gasteiger partial charge in [-0.2, -0.15) is 0 Å². The van der Waals surface area contributed by atoms with E-state index < -0.39 is 0 Å². The summed E-state index contributed by atoms with van der Waals surface area (Å²) < 4.78 is 0. The molecule has 6 nitrogen and oxygen atoms in total. The summed E-state index contributed by atoms with van der Waals surface area (Å²) in [6.07, 6.45) is 6.27. The number of fused-ring (bicyclic) bond motifs is 5. The van der Waals surface area contributed by atoms with Gasteiger partial charge in [0.25, 0.3) is 0 Å². The Morgan fingerprint density at radius 2 is 1.76 bits per heavy atom. The predicted octanol–water partition coefficient (Wildman–Crippen LogP) is 2.79. The van der Waals surface area contributed by atoms with Crippen LogP contribution in [-0.2, 0) is 22.6 Å². The topological polar surface area (TPSA) is 73.8 Å². The lowest BCUT2D eigenvalue weighted by Crippen LogP contribution is -2.43. The number of nitrogens with one attached hydrogen (secondary N) is 2. The first-order valence-electron chi connectivity index (χ1n) is 10.3. The van der Waals surface area contributed by atoms with Crippen LogP contribution in [-0.4, -0.2) is 42.3 Å². The third-order valence-corrected chi connectivity index (χ3v) is 7.21. The molecule has 8 heteroatoms. The lowest BCUT2D eigenvalue weighted by molar-refractivity contribution is -0.140. The SMILES string of the molecule is CCNC(=NCc1ccc(CC)s1)NCCN1C(=O)C2C3C=CC(C3)C2C1=O.I. The Kier molecular flexibility index (Phi) is 7.37. The second kappa shape index (κ2) is 9.59. The Bertz CT molecular complexity index is 791. The molecular weight excluding hydrogens is 499 g/mol. The fraction of sp³-hybridized carbons (Fsp3) is 0.571. The summed E-state index contributed by atoms with van der Waals surface area (Å²) in [5.74, 6) is 1.05. The van der Waals surface area contributed by atoms with Crippen LogP contribution >= 0.6 is 35.3 Å². The van der Waals surface area contributed by atoms with Gasteiger partial charge in [0.2, 0.25) is 11.8 Å². The van der Waals surface area contributed by atoms with E-state index in [0.29, 0.717) is 19.6 Å². The quantitative estimate of drug-likeness (QED) is 0.188. The maximum atomic E-state index is 12.7. The highest BCUT2D eigenvalue weighted by Gasteiger charge is 2.58. The van der Waals surface area contributed by atoms with Gasteiger partial charge in [-0.1, -0.05) is 19.1 Å². The molecule has 2 amide bonds. The van der Waals surface area contributed by atoms with E-state index in [1.54, 1.807) is 11.3 Å². The Balaban J connectivity index is 0.00000240. The summed E-state index contributed by atoms with van der Waals surface area (Å²) in [4.78, 5) is 34.1. The highest BCUT2D eigenvalue weighted by atomic mass is 127. The van der Waals surface area contributed by atoms with Gasteiger partial charge in [-0.25, -0.2) is 4.99 Å². The number of carbonyl (C=O) groups excluding carboxylic acids is 2. The van der Waals surface area contributed by atoms with Crippen molar-refractivity contribution >= 4 is 53.1 Å². The van der Waals surface area contributed by atoms with Crippen LogP contribution in [0, 0.1) is 23.7 Å². The van der Waals surface area contributed by atoms with Crippen molar-refractivity contribution in [3.8, 4) is 0 Å². The molecule has 2 aliphatic carbocycles. The number of allylic oxidation sites excluding steroid dienone is 2. The minimum absolute atomic E-state index is 0. The molecule has 2 fully saturated rings. The highest BCUT2D eigenvalue weighted by Crippen LogP contribution is 2.52. The van der Waals surface area contributed by atoms with Crippen LogP contribution in [0.3, 0.4) is 0 Å². The average molecular weight is 528 g/mol. The number of halogens is 1. The Hall–Kier alpha value is -1.42. The molecule has 3 aliphatic rings. The van der Waals surface area contributed by atoms with Crippen molar-refractivity contribution < 1.29 is 9.59 Å². The summed E-state index contributed by atoms with van der Waals surface area (Å²) in [5, 5.41) is 6.50. The van der Waals surface area contributed by atoms with Crippen molar-refractivity contribution in [2.45, 2.75) is 33.2 Å². The van der Waals surface area contributed by atoms with Crippen molar-refractivity contribution in [2.75, 3.05) is 19.6 Å². The van der Waals surface area contributed by atoms with Crippen LogP contribution < -0.4 is 10.6 Å². The van der Waals surface area contributed by atoms with Crippen LogP contribution in [0.15, 0.2) is 29.3 Å². The van der Waals surface area contributed by atoms with Gasteiger partial charge in [0, 0.05) is 29.4 Å². The molecule has 2 N–H and O–H groups in total. The number of rotatable bonds is 7. The van der Waals surface area contributed by atoms with E-state index in [1.807, 2.05) is 6.92 Å². The molecule has 4 rings (SSSR count). The number of imide groups is 1. The van der Waals surface area contributed by atoms with E-state index >= 15 is 0 Å². The van der Waals surface area contributed by atoms with Gasteiger partial charge in [0.1, 0.15) is 0 Å². The maximum Gasteiger partial charge on any atom is 0.233 e. The van der Waals surface area contributed by atoms with Crippen molar-refractivity contribution in [1.82, 2.24) is 15.5 Å². The van der Waals surface area contributed by atoms with Crippen molar-refractivity contribution in [2.24, 2.45) is 28.7 Å². The van der Waals surface area contributed by atoms with Crippen molar-refractivity contribution in [3.63, 3.8) is 0 Å². The largest absolute Gasteiger partial charge is 0.357 e. The van der Waals surface area contributed by atoms with E-state index in [-0.39, 0.29) is 59.5 Å². The van der Waals surface area contributed by atoms with Crippen LogP contribution in [0.2, 0.25) is 0 Å². The third-order valence-electron chi connectivity index (χ3n) is 5.99. The molecule has 1 saturated carbocycles. The van der Waals surface area contributed by atoms with E-state index in [0.717, 1.165) is 25.3 Å². The van der Waals surface area contributed by atoms with Gasteiger partial charge in [-0.3, -0.25) is 14.5 Å². The zero-order chi connectivity index (χ0) is 19.7. The molecule has 0 aromatic carbocycles. The van der Waals surface area contributed by atoms with E-state index in [2.05, 4.69) is 46.8 Å². The van der Waals surface area contributed by atoms with Gasteiger partial charge >= 0.3 is 0 Å². The summed E-state index contributed by atoms with van der Waals surface area (Å²) in [6.45, 7) is 6.47. The van der Waals surface area contributed by atoms with E-state index in [4.69, 9.17) is 0 Å². The number of carbonyl (C=O) groups is 2. The van der Waals surface area contributed by atoms with Gasteiger partial charge < -0.3 is 10.6 Å². The fourth-order valence-electron chi connectivity index (χ4n) is 4.67. The number of aliphatic imine (C=N–C) groups is 1. The summed E-state index contributed by atoms with van der Waals surface area (Å²) in [5.41, 5.74) is 0. The minimum atomic E-state index is -0.115. The number of nitrogens with zero attached hydrogens (tertiary/aromatic N) is 2. The third kappa shape index (κ3) is 4.38. The van der Waals surface area contributed by atoms with Gasteiger partial charge in [-0.05, 0) is 43.7 Å². The standard InChI is InChI=1S/C21H28N4O2S.HI/c1-3-15-7-8-16(28-15)12-24-21(22-4-2)23-9-10-25-19(26)17-13-5-6-14(11-13)18(17)20(25)27;/h5-8,13-14,17-18H,3-4,9-12H2,1-2H3,(H2,22,23,24);1H. The molecule has 2 heterocycles. The smallest absolute Gasteiger partial charge is 0.233 e.